The first-order valence-electron chi connectivity index (χ1n) is 9.07. The van der Waals surface area contributed by atoms with E-state index >= 15 is 0 Å². The molecule has 2 amide bonds. The van der Waals surface area contributed by atoms with E-state index in [4.69, 9.17) is 20.0 Å². The van der Waals surface area contributed by atoms with Crippen molar-refractivity contribution >= 4 is 23.2 Å². The van der Waals surface area contributed by atoms with Crippen molar-refractivity contribution in [2.24, 2.45) is 0 Å². The highest BCUT2D eigenvalue weighted by atomic mass is 16.5. The van der Waals surface area contributed by atoms with Gasteiger partial charge in [0, 0.05) is 24.2 Å². The van der Waals surface area contributed by atoms with Gasteiger partial charge in [0.2, 0.25) is 11.8 Å². The summed E-state index contributed by atoms with van der Waals surface area (Å²) in [6.07, 6.45) is 4.92. The summed E-state index contributed by atoms with van der Waals surface area (Å²) in [7, 11) is 0. The number of carbonyl (C=O) groups is 2. The zero-order chi connectivity index (χ0) is 20.4. The van der Waals surface area contributed by atoms with Crippen LogP contribution >= 0.6 is 0 Å². The number of anilines is 2. The fourth-order valence-corrected chi connectivity index (χ4v) is 4.17. The molecule has 2 aromatic carbocycles. The number of benzene rings is 2. The Hall–Kier alpha value is -4.04. The molecule has 8 heteroatoms. The molecule has 2 aliphatic rings. The van der Waals surface area contributed by atoms with Gasteiger partial charge < -0.3 is 9.47 Å². The minimum absolute atomic E-state index is 0.0666. The SMILES string of the molecule is N#COc1ccc(N2C(=O)CCC23CCC(=O)N3c2ccc(OC#N)cc2)cc1. The molecule has 8 nitrogen and oxygen atoms in total. The lowest BCUT2D eigenvalue weighted by Crippen LogP contribution is -2.56. The van der Waals surface area contributed by atoms with Crippen molar-refractivity contribution < 1.29 is 19.1 Å². The van der Waals surface area contributed by atoms with Crippen LogP contribution in [-0.2, 0) is 9.59 Å². The predicted molar refractivity (Wildman–Crippen MR) is 102 cm³/mol. The van der Waals surface area contributed by atoms with Gasteiger partial charge in [-0.1, -0.05) is 0 Å². The third-order valence-corrected chi connectivity index (χ3v) is 5.33. The molecule has 4 rings (SSSR count). The molecule has 0 saturated carbocycles. The Balaban J connectivity index is 1.73. The van der Waals surface area contributed by atoms with E-state index in [1.807, 2.05) is 0 Å². The number of amides is 2. The minimum Gasteiger partial charge on any atom is -0.388 e. The number of rotatable bonds is 4. The van der Waals surface area contributed by atoms with Gasteiger partial charge in [0.05, 0.1) is 0 Å². The van der Waals surface area contributed by atoms with Crippen molar-refractivity contribution in [3.63, 3.8) is 0 Å². The topological polar surface area (TPSA) is 107 Å². The van der Waals surface area contributed by atoms with Crippen molar-refractivity contribution in [3.8, 4) is 24.0 Å². The van der Waals surface area contributed by atoms with Crippen LogP contribution in [0.3, 0.4) is 0 Å². The molecular weight excluding hydrogens is 372 g/mol. The van der Waals surface area contributed by atoms with Crippen LogP contribution in [0, 0.1) is 23.0 Å². The summed E-state index contributed by atoms with van der Waals surface area (Å²) in [5.74, 6) is 0.625. The average molecular weight is 388 g/mol. The zero-order valence-corrected chi connectivity index (χ0v) is 15.4. The molecule has 29 heavy (non-hydrogen) atoms. The first-order valence-corrected chi connectivity index (χ1v) is 9.07. The van der Waals surface area contributed by atoms with E-state index in [0.717, 1.165) is 0 Å². The first kappa shape index (κ1) is 18.3. The summed E-state index contributed by atoms with van der Waals surface area (Å²) < 4.78 is 9.62. The fourth-order valence-electron chi connectivity index (χ4n) is 4.17. The highest BCUT2D eigenvalue weighted by Crippen LogP contribution is 2.47. The molecule has 0 radical (unpaired) electrons. The van der Waals surface area contributed by atoms with Crippen LogP contribution in [0.5, 0.6) is 11.5 Å². The molecule has 0 bridgehead atoms. The van der Waals surface area contributed by atoms with E-state index in [1.54, 1.807) is 70.8 Å². The number of carbonyl (C=O) groups excluding carboxylic acids is 2. The van der Waals surface area contributed by atoms with Crippen LogP contribution in [-0.4, -0.2) is 17.5 Å². The number of ether oxygens (including phenoxy) is 2. The predicted octanol–water partition coefficient (Wildman–Crippen LogP) is 3.06. The second kappa shape index (κ2) is 7.17. The maximum Gasteiger partial charge on any atom is 0.292 e. The van der Waals surface area contributed by atoms with Crippen LogP contribution in [0.25, 0.3) is 0 Å². The molecule has 0 aliphatic carbocycles. The molecule has 2 fully saturated rings. The van der Waals surface area contributed by atoms with Crippen molar-refractivity contribution in [1.29, 1.82) is 10.5 Å². The monoisotopic (exact) mass is 388 g/mol. The largest absolute Gasteiger partial charge is 0.388 e. The van der Waals surface area contributed by atoms with Gasteiger partial charge >= 0.3 is 0 Å². The van der Waals surface area contributed by atoms with E-state index < -0.39 is 5.66 Å². The Bertz CT molecular complexity index is 949. The van der Waals surface area contributed by atoms with Crippen LogP contribution in [0.15, 0.2) is 48.5 Å². The molecule has 2 heterocycles. The lowest BCUT2D eigenvalue weighted by molar-refractivity contribution is -0.117. The van der Waals surface area contributed by atoms with Crippen molar-refractivity contribution in [2.45, 2.75) is 31.3 Å². The van der Waals surface area contributed by atoms with E-state index in [9.17, 15) is 9.59 Å². The van der Waals surface area contributed by atoms with Gasteiger partial charge in [0.1, 0.15) is 17.2 Å². The summed E-state index contributed by atoms with van der Waals surface area (Å²) >= 11 is 0. The Labute approximate surface area is 167 Å². The molecular formula is C21H16N4O4. The number of hydrogen-bond donors (Lipinski definition) is 0. The third kappa shape index (κ3) is 3.01. The Morgan fingerprint density at radius 1 is 0.724 bits per heavy atom. The second-order valence-electron chi connectivity index (χ2n) is 6.82. The molecule has 0 N–H and O–H groups in total. The summed E-state index contributed by atoms with van der Waals surface area (Å²) in [5.41, 5.74) is 0.493. The van der Waals surface area contributed by atoms with E-state index in [0.29, 0.717) is 48.6 Å². The van der Waals surface area contributed by atoms with Gasteiger partial charge in [-0.2, -0.15) is 0 Å². The molecule has 0 atom stereocenters. The van der Waals surface area contributed by atoms with Crippen LogP contribution in [0.1, 0.15) is 25.7 Å². The van der Waals surface area contributed by atoms with Gasteiger partial charge in [0.25, 0.3) is 12.5 Å². The van der Waals surface area contributed by atoms with Gasteiger partial charge in [0.15, 0.2) is 0 Å². The van der Waals surface area contributed by atoms with Gasteiger partial charge in [-0.25, -0.2) is 0 Å². The second-order valence-corrected chi connectivity index (χ2v) is 6.82. The number of nitriles is 2. The highest BCUT2D eigenvalue weighted by Gasteiger charge is 2.56. The Kier molecular flexibility index (Phi) is 4.53. The molecule has 0 aromatic heterocycles. The van der Waals surface area contributed by atoms with Crippen molar-refractivity contribution in [3.05, 3.63) is 48.5 Å². The molecule has 2 aliphatic heterocycles. The van der Waals surface area contributed by atoms with Crippen LogP contribution in [0.4, 0.5) is 11.4 Å². The lowest BCUT2D eigenvalue weighted by atomic mass is 10.0. The summed E-state index contributed by atoms with van der Waals surface area (Å²) in [6, 6.07) is 13.3. The Morgan fingerprint density at radius 2 is 1.10 bits per heavy atom. The number of nitrogens with zero attached hydrogens (tertiary/aromatic N) is 4. The number of hydrogen-bond acceptors (Lipinski definition) is 6. The quantitative estimate of drug-likeness (QED) is 0.745. The molecule has 1 spiro atoms. The zero-order valence-electron chi connectivity index (χ0n) is 15.4. The molecule has 0 unspecified atom stereocenters. The van der Waals surface area contributed by atoms with Gasteiger partial charge in [-0.15, -0.1) is 10.5 Å². The van der Waals surface area contributed by atoms with Crippen molar-refractivity contribution in [2.75, 3.05) is 9.80 Å². The van der Waals surface area contributed by atoms with Gasteiger partial charge in [-0.05, 0) is 61.4 Å². The van der Waals surface area contributed by atoms with E-state index in [1.165, 1.54) is 0 Å². The first-order chi connectivity index (χ1) is 14.1. The maximum absolute atomic E-state index is 12.8. The maximum atomic E-state index is 12.8. The Morgan fingerprint density at radius 3 is 1.45 bits per heavy atom. The molecule has 2 aromatic rings. The van der Waals surface area contributed by atoms with Crippen LogP contribution in [0.2, 0.25) is 0 Å². The van der Waals surface area contributed by atoms with Gasteiger partial charge in [-0.3, -0.25) is 19.4 Å². The minimum atomic E-state index is -0.788. The molecule has 2 saturated heterocycles. The third-order valence-electron chi connectivity index (χ3n) is 5.33. The molecule has 144 valence electrons. The smallest absolute Gasteiger partial charge is 0.292 e. The summed E-state index contributed by atoms with van der Waals surface area (Å²) in [5, 5.41) is 17.3. The van der Waals surface area contributed by atoms with E-state index in [2.05, 4.69) is 0 Å². The average Bonchev–Trinajstić information content (AvgIpc) is 3.23. The summed E-state index contributed by atoms with van der Waals surface area (Å²) in [4.78, 5) is 29.0. The normalized spacial score (nSPS) is 17.3. The standard InChI is InChI=1S/C21H16N4O4/c22-13-28-17-5-1-15(2-6-17)24-19(26)9-11-21(24)12-10-20(27)25(21)16-3-7-18(8-4-16)29-14-23/h1-8H,9-12H2. The van der Waals surface area contributed by atoms with Crippen LogP contribution < -0.4 is 19.3 Å². The van der Waals surface area contributed by atoms with Crippen molar-refractivity contribution in [1.82, 2.24) is 0 Å². The lowest BCUT2D eigenvalue weighted by Gasteiger charge is -2.42. The summed E-state index contributed by atoms with van der Waals surface area (Å²) in [6.45, 7) is 0. The van der Waals surface area contributed by atoms with E-state index in [-0.39, 0.29) is 11.8 Å². The highest BCUT2D eigenvalue weighted by molar-refractivity contribution is 6.05. The fraction of sp³-hybridized carbons (Fsp3) is 0.238.